The molecule has 0 bridgehead atoms. The third-order valence-corrected chi connectivity index (χ3v) is 10.7. The summed E-state index contributed by atoms with van der Waals surface area (Å²) in [5.74, 6) is 2.43. The molecule has 6 nitrogen and oxygen atoms in total. The van der Waals surface area contributed by atoms with E-state index in [0.29, 0.717) is 23.3 Å². The average molecular weight is 756 g/mol. The minimum absolute atomic E-state index is 0.573. The van der Waals surface area contributed by atoms with E-state index in [1.807, 2.05) is 72.8 Å². The number of hydrogen-bond acceptors (Lipinski definition) is 6. The van der Waals surface area contributed by atoms with Gasteiger partial charge in [0, 0.05) is 44.2 Å². The van der Waals surface area contributed by atoms with Crippen molar-refractivity contribution in [2.45, 2.75) is 0 Å². The summed E-state index contributed by atoms with van der Waals surface area (Å²) < 4.78 is 6.24. The second kappa shape index (κ2) is 14.4. The van der Waals surface area contributed by atoms with Crippen LogP contribution in [0.15, 0.2) is 205 Å². The Labute approximate surface area is 340 Å². The highest BCUT2D eigenvalue weighted by molar-refractivity contribution is 6.05. The molecule has 3 aromatic heterocycles. The number of para-hydroxylation sites is 1. The number of hydrogen-bond donors (Lipinski definition) is 0. The van der Waals surface area contributed by atoms with E-state index in [4.69, 9.17) is 29.3 Å². The molecular weight excluding hydrogens is 723 g/mol. The molecule has 11 aromatic rings. The molecule has 0 saturated carbocycles. The molecule has 0 saturated heterocycles. The molecule has 0 amide bonds. The predicted octanol–water partition coefficient (Wildman–Crippen LogP) is 13.4. The summed E-state index contributed by atoms with van der Waals surface area (Å²) in [5.41, 5.74) is 11.1. The van der Waals surface area contributed by atoms with Crippen LogP contribution in [-0.2, 0) is 0 Å². The highest BCUT2D eigenvalue weighted by Gasteiger charge is 2.16. The van der Waals surface area contributed by atoms with Crippen LogP contribution < -0.4 is 0 Å². The standard InChI is InChI=1S/C53H33N5O/c1-3-14-35(15-4-1)50-54-46(33-47(55-50)41-26-25-34-13-7-8-18-37(34)29-41)40-21-11-19-38(30-40)39-20-12-22-42(31-39)52-56-51(36-16-5-2-6-17-36)57-53(58-52)43-27-28-45-44-23-9-10-24-48(44)59-49(45)32-43/h1-33H. The third kappa shape index (κ3) is 6.58. The van der Waals surface area contributed by atoms with Gasteiger partial charge in [-0.15, -0.1) is 0 Å². The topological polar surface area (TPSA) is 77.6 Å². The van der Waals surface area contributed by atoms with Gasteiger partial charge in [-0.2, -0.15) is 0 Å². The molecule has 0 aliphatic rings. The van der Waals surface area contributed by atoms with Gasteiger partial charge in [0.25, 0.3) is 0 Å². The van der Waals surface area contributed by atoms with Crippen molar-refractivity contribution in [3.8, 4) is 79.2 Å². The summed E-state index contributed by atoms with van der Waals surface area (Å²) in [5, 5.41) is 4.50. The molecule has 6 heteroatoms. The van der Waals surface area contributed by atoms with E-state index in [-0.39, 0.29) is 0 Å². The number of nitrogens with zero attached hydrogens (tertiary/aromatic N) is 5. The summed E-state index contributed by atoms with van der Waals surface area (Å²) in [6.07, 6.45) is 0. The molecule has 276 valence electrons. The average Bonchev–Trinajstić information content (AvgIpc) is 3.70. The summed E-state index contributed by atoms with van der Waals surface area (Å²) in [4.78, 5) is 25.3. The maximum absolute atomic E-state index is 6.24. The number of rotatable bonds is 7. The van der Waals surface area contributed by atoms with E-state index >= 15 is 0 Å². The largest absolute Gasteiger partial charge is 0.456 e. The summed E-state index contributed by atoms with van der Waals surface area (Å²) >= 11 is 0. The van der Waals surface area contributed by atoms with Gasteiger partial charge in [0.05, 0.1) is 11.4 Å². The first-order chi connectivity index (χ1) is 29.2. The van der Waals surface area contributed by atoms with Crippen LogP contribution in [0.5, 0.6) is 0 Å². The Bertz CT molecular complexity index is 3340. The lowest BCUT2D eigenvalue weighted by atomic mass is 9.98. The summed E-state index contributed by atoms with van der Waals surface area (Å²) in [6, 6.07) is 68.3. The van der Waals surface area contributed by atoms with Gasteiger partial charge in [0.15, 0.2) is 23.3 Å². The first kappa shape index (κ1) is 34.2. The molecule has 0 N–H and O–H groups in total. The van der Waals surface area contributed by atoms with Crippen LogP contribution in [0.3, 0.4) is 0 Å². The van der Waals surface area contributed by atoms with E-state index in [2.05, 4.69) is 127 Å². The van der Waals surface area contributed by atoms with Gasteiger partial charge in [0.2, 0.25) is 0 Å². The first-order valence-corrected chi connectivity index (χ1v) is 19.6. The third-order valence-electron chi connectivity index (χ3n) is 10.7. The second-order valence-electron chi connectivity index (χ2n) is 14.5. The molecule has 0 radical (unpaired) electrons. The van der Waals surface area contributed by atoms with E-state index < -0.39 is 0 Å². The van der Waals surface area contributed by atoms with Gasteiger partial charge >= 0.3 is 0 Å². The Balaban J connectivity index is 0.997. The molecular formula is C53H33N5O. The van der Waals surface area contributed by atoms with Crippen LogP contribution in [0.4, 0.5) is 0 Å². The fraction of sp³-hybridized carbons (Fsp3) is 0. The maximum atomic E-state index is 6.24. The number of furan rings is 1. The van der Waals surface area contributed by atoms with E-state index in [1.54, 1.807) is 0 Å². The van der Waals surface area contributed by atoms with Gasteiger partial charge in [-0.1, -0.05) is 158 Å². The van der Waals surface area contributed by atoms with Crippen LogP contribution in [0.2, 0.25) is 0 Å². The molecule has 0 atom stereocenters. The van der Waals surface area contributed by atoms with Gasteiger partial charge in [-0.05, 0) is 64.4 Å². The Kier molecular flexibility index (Phi) is 8.37. The highest BCUT2D eigenvalue weighted by Crippen LogP contribution is 2.35. The summed E-state index contributed by atoms with van der Waals surface area (Å²) in [7, 11) is 0. The van der Waals surface area contributed by atoms with Gasteiger partial charge in [-0.25, -0.2) is 24.9 Å². The van der Waals surface area contributed by atoms with Crippen molar-refractivity contribution in [1.29, 1.82) is 0 Å². The lowest BCUT2D eigenvalue weighted by Crippen LogP contribution is -2.00. The van der Waals surface area contributed by atoms with Crippen molar-refractivity contribution in [3.63, 3.8) is 0 Å². The number of aromatic nitrogens is 5. The van der Waals surface area contributed by atoms with Crippen LogP contribution in [0, 0.1) is 0 Å². The number of benzene rings is 8. The minimum atomic E-state index is 0.573. The van der Waals surface area contributed by atoms with Crippen LogP contribution >= 0.6 is 0 Å². The van der Waals surface area contributed by atoms with Crippen molar-refractivity contribution < 1.29 is 4.42 Å². The van der Waals surface area contributed by atoms with E-state index in [0.717, 1.165) is 77.8 Å². The Morgan fingerprint density at radius 3 is 1.44 bits per heavy atom. The zero-order valence-electron chi connectivity index (χ0n) is 31.7. The van der Waals surface area contributed by atoms with E-state index in [9.17, 15) is 0 Å². The molecule has 0 aliphatic carbocycles. The quantitative estimate of drug-likeness (QED) is 0.161. The molecule has 0 fully saturated rings. The van der Waals surface area contributed by atoms with Crippen LogP contribution in [-0.4, -0.2) is 24.9 Å². The SMILES string of the molecule is c1ccc(-c2nc(-c3cccc(-c4cccc(-c5nc(-c6ccccc6)nc(-c6ccc7c(c6)oc6ccccc67)n5)c4)c3)cc(-c3ccc4ccccc4c3)n2)cc1. The zero-order chi connectivity index (χ0) is 39.1. The van der Waals surface area contributed by atoms with Crippen LogP contribution in [0.25, 0.3) is 112 Å². The number of fused-ring (bicyclic) bond motifs is 4. The second-order valence-corrected chi connectivity index (χ2v) is 14.5. The molecule has 0 spiro atoms. The van der Waals surface area contributed by atoms with Crippen molar-refractivity contribution >= 4 is 32.7 Å². The lowest BCUT2D eigenvalue weighted by Gasteiger charge is -2.12. The van der Waals surface area contributed by atoms with Crippen molar-refractivity contribution in [3.05, 3.63) is 200 Å². The fourth-order valence-electron chi connectivity index (χ4n) is 7.72. The fourth-order valence-corrected chi connectivity index (χ4v) is 7.72. The molecule has 0 unspecified atom stereocenters. The van der Waals surface area contributed by atoms with Gasteiger partial charge in [-0.3, -0.25) is 0 Å². The van der Waals surface area contributed by atoms with Crippen molar-refractivity contribution in [1.82, 2.24) is 24.9 Å². The molecule has 11 rings (SSSR count). The van der Waals surface area contributed by atoms with Crippen LogP contribution in [0.1, 0.15) is 0 Å². The maximum Gasteiger partial charge on any atom is 0.164 e. The zero-order valence-corrected chi connectivity index (χ0v) is 31.7. The smallest absolute Gasteiger partial charge is 0.164 e. The molecule has 59 heavy (non-hydrogen) atoms. The van der Waals surface area contributed by atoms with Gasteiger partial charge in [0.1, 0.15) is 11.2 Å². The van der Waals surface area contributed by atoms with Crippen molar-refractivity contribution in [2.24, 2.45) is 0 Å². The lowest BCUT2D eigenvalue weighted by molar-refractivity contribution is 0.669. The normalized spacial score (nSPS) is 11.4. The Morgan fingerprint density at radius 1 is 0.254 bits per heavy atom. The summed E-state index contributed by atoms with van der Waals surface area (Å²) in [6.45, 7) is 0. The van der Waals surface area contributed by atoms with Gasteiger partial charge < -0.3 is 4.42 Å². The Hall–Kier alpha value is -8.09. The Morgan fingerprint density at radius 2 is 0.729 bits per heavy atom. The first-order valence-electron chi connectivity index (χ1n) is 19.6. The van der Waals surface area contributed by atoms with Crippen molar-refractivity contribution in [2.75, 3.05) is 0 Å². The monoisotopic (exact) mass is 755 g/mol. The van der Waals surface area contributed by atoms with E-state index in [1.165, 1.54) is 10.8 Å². The highest BCUT2D eigenvalue weighted by atomic mass is 16.3. The molecule has 3 heterocycles. The molecule has 8 aromatic carbocycles. The molecule has 0 aliphatic heterocycles. The minimum Gasteiger partial charge on any atom is -0.456 e. The predicted molar refractivity (Wildman–Crippen MR) is 238 cm³/mol.